The molecule has 0 fully saturated rings. The number of hydrogen-bond donors (Lipinski definition) is 2. The van der Waals surface area contributed by atoms with Crippen LogP contribution >= 0.6 is 0 Å². The highest BCUT2D eigenvalue weighted by molar-refractivity contribution is 7.89. The summed E-state index contributed by atoms with van der Waals surface area (Å²) < 4.78 is 25.1. The van der Waals surface area contributed by atoms with Gasteiger partial charge in [0.15, 0.2) is 0 Å². The van der Waals surface area contributed by atoms with E-state index in [4.69, 9.17) is 5.11 Å². The van der Waals surface area contributed by atoms with E-state index in [2.05, 4.69) is 0 Å². The quantitative estimate of drug-likeness (QED) is 0.898. The molecule has 0 bridgehead atoms. The average Bonchev–Trinajstić information content (AvgIpc) is 2.47. The van der Waals surface area contributed by atoms with Crippen LogP contribution in [0.25, 0.3) is 11.1 Å². The Morgan fingerprint density at radius 2 is 1.64 bits per heavy atom. The van der Waals surface area contributed by atoms with Crippen LogP contribution in [0.3, 0.4) is 0 Å². The second-order valence-corrected chi connectivity index (χ2v) is 7.00. The predicted octanol–water partition coefficient (Wildman–Crippen LogP) is 2.01. The van der Waals surface area contributed by atoms with E-state index in [0.717, 1.165) is 10.4 Å². The number of carboxylic acid groups (broad SMARTS) is 1. The molecule has 0 atom stereocenters. The lowest BCUT2D eigenvalue weighted by Gasteiger charge is -2.12. The van der Waals surface area contributed by atoms with Gasteiger partial charge in [0.05, 0.1) is 10.5 Å². The molecule has 0 saturated heterocycles. The number of rotatable bonds is 4. The summed E-state index contributed by atoms with van der Waals surface area (Å²) in [7, 11) is -0.623. The van der Waals surface area contributed by atoms with Gasteiger partial charge in [-0.15, -0.1) is 0 Å². The van der Waals surface area contributed by atoms with E-state index >= 15 is 0 Å². The van der Waals surface area contributed by atoms with Crippen molar-refractivity contribution in [3.63, 3.8) is 0 Å². The highest BCUT2D eigenvalue weighted by Crippen LogP contribution is 2.30. The Morgan fingerprint density at radius 3 is 2.09 bits per heavy atom. The molecule has 0 aliphatic heterocycles. The fourth-order valence-corrected chi connectivity index (χ4v) is 2.83. The zero-order valence-corrected chi connectivity index (χ0v) is 12.8. The van der Waals surface area contributed by atoms with Crippen LogP contribution in [0.1, 0.15) is 10.4 Å². The van der Waals surface area contributed by atoms with Gasteiger partial charge in [0.2, 0.25) is 10.0 Å². The van der Waals surface area contributed by atoms with Crippen LogP contribution in [0.2, 0.25) is 0 Å². The third-order valence-electron chi connectivity index (χ3n) is 3.19. The van der Waals surface area contributed by atoms with Gasteiger partial charge < -0.3 is 10.2 Å². The number of sulfonamides is 1. The lowest BCUT2D eigenvalue weighted by atomic mass is 10.0. The van der Waals surface area contributed by atoms with E-state index in [0.29, 0.717) is 11.1 Å². The molecule has 22 heavy (non-hydrogen) atoms. The molecule has 0 aliphatic carbocycles. The molecule has 0 aromatic heterocycles. The molecule has 0 radical (unpaired) electrons. The summed E-state index contributed by atoms with van der Waals surface area (Å²) in [5.41, 5.74) is 0.999. The van der Waals surface area contributed by atoms with Crippen molar-refractivity contribution in [1.82, 2.24) is 4.31 Å². The highest BCUT2D eigenvalue weighted by Gasteiger charge is 2.17. The lowest BCUT2D eigenvalue weighted by molar-refractivity contribution is 0.0696. The van der Waals surface area contributed by atoms with Crippen LogP contribution < -0.4 is 0 Å². The van der Waals surface area contributed by atoms with E-state index in [1.165, 1.54) is 38.4 Å². The van der Waals surface area contributed by atoms with Crippen molar-refractivity contribution in [2.24, 2.45) is 0 Å². The Morgan fingerprint density at radius 1 is 1.05 bits per heavy atom. The molecular formula is C15H15NO5S. The zero-order valence-electron chi connectivity index (χ0n) is 12.0. The summed E-state index contributed by atoms with van der Waals surface area (Å²) >= 11 is 0. The number of nitrogens with zero attached hydrogens (tertiary/aromatic N) is 1. The zero-order chi connectivity index (χ0) is 16.5. The van der Waals surface area contributed by atoms with Gasteiger partial charge in [-0.05, 0) is 35.9 Å². The van der Waals surface area contributed by atoms with Gasteiger partial charge in [0.25, 0.3) is 0 Å². The van der Waals surface area contributed by atoms with E-state index < -0.39 is 16.0 Å². The van der Waals surface area contributed by atoms with Crippen molar-refractivity contribution in [3.05, 3.63) is 48.0 Å². The van der Waals surface area contributed by atoms with Crippen LogP contribution in [0.5, 0.6) is 5.75 Å². The molecule has 0 spiro atoms. The summed E-state index contributed by atoms with van der Waals surface area (Å²) in [6.07, 6.45) is 0. The molecule has 0 unspecified atom stereocenters. The minimum absolute atomic E-state index is 0.0203. The minimum Gasteiger partial charge on any atom is -0.507 e. The molecule has 0 aliphatic rings. The molecule has 7 heteroatoms. The maximum atomic E-state index is 12.0. The normalized spacial score (nSPS) is 11.6. The van der Waals surface area contributed by atoms with Crippen LogP contribution in [0.15, 0.2) is 47.4 Å². The number of hydrogen-bond acceptors (Lipinski definition) is 4. The first-order valence-corrected chi connectivity index (χ1v) is 7.77. The van der Waals surface area contributed by atoms with E-state index in [-0.39, 0.29) is 16.2 Å². The van der Waals surface area contributed by atoms with Gasteiger partial charge in [0, 0.05) is 19.7 Å². The van der Waals surface area contributed by atoms with Crippen LogP contribution in [0.4, 0.5) is 0 Å². The molecular weight excluding hydrogens is 306 g/mol. The Bertz CT molecular complexity index is 810. The van der Waals surface area contributed by atoms with Crippen molar-refractivity contribution >= 4 is 16.0 Å². The first-order chi connectivity index (χ1) is 10.2. The fourth-order valence-electron chi connectivity index (χ4n) is 1.93. The molecule has 2 aromatic carbocycles. The van der Waals surface area contributed by atoms with Crippen LogP contribution in [-0.4, -0.2) is 43.0 Å². The van der Waals surface area contributed by atoms with Crippen LogP contribution in [0, 0.1) is 0 Å². The molecule has 116 valence electrons. The molecule has 0 heterocycles. The Balaban J connectivity index is 2.42. The number of phenols is 1. The Hall–Kier alpha value is -2.38. The number of benzene rings is 2. The maximum Gasteiger partial charge on any atom is 0.335 e. The molecule has 6 nitrogen and oxygen atoms in total. The van der Waals surface area contributed by atoms with Gasteiger partial charge in [-0.25, -0.2) is 17.5 Å². The third-order valence-corrected chi connectivity index (χ3v) is 5.02. The monoisotopic (exact) mass is 321 g/mol. The number of carboxylic acids is 1. The van der Waals surface area contributed by atoms with Gasteiger partial charge in [-0.1, -0.05) is 12.1 Å². The van der Waals surface area contributed by atoms with Crippen molar-refractivity contribution < 1.29 is 23.4 Å². The van der Waals surface area contributed by atoms with Gasteiger partial charge >= 0.3 is 5.97 Å². The number of aromatic carboxylic acids is 1. The number of phenolic OH excluding ortho intramolecular Hbond substituents is 1. The Kier molecular flexibility index (Phi) is 4.20. The summed E-state index contributed by atoms with van der Waals surface area (Å²) in [6.45, 7) is 0. The maximum absolute atomic E-state index is 12.0. The summed E-state index contributed by atoms with van der Waals surface area (Å²) in [6, 6.07) is 10.0. The SMILES string of the molecule is CN(C)S(=O)(=O)c1ccc(-c2ccc(C(=O)O)cc2O)cc1. The predicted molar refractivity (Wildman–Crippen MR) is 81.4 cm³/mol. The smallest absolute Gasteiger partial charge is 0.335 e. The first-order valence-electron chi connectivity index (χ1n) is 6.33. The minimum atomic E-state index is -3.51. The highest BCUT2D eigenvalue weighted by atomic mass is 32.2. The standard InChI is InChI=1S/C15H15NO5S/c1-16(2)22(20,21)12-6-3-10(4-7-12)13-8-5-11(15(18)19)9-14(13)17/h3-9,17H,1-2H3,(H,18,19). The molecule has 2 N–H and O–H groups in total. The van der Waals surface area contributed by atoms with Crippen molar-refractivity contribution in [1.29, 1.82) is 0 Å². The molecule has 2 rings (SSSR count). The van der Waals surface area contributed by atoms with E-state index in [1.54, 1.807) is 12.1 Å². The molecule has 0 saturated carbocycles. The van der Waals surface area contributed by atoms with Crippen molar-refractivity contribution in [2.75, 3.05) is 14.1 Å². The van der Waals surface area contributed by atoms with Gasteiger partial charge in [0.1, 0.15) is 5.75 Å². The largest absolute Gasteiger partial charge is 0.507 e. The number of aromatic hydroxyl groups is 1. The number of carbonyl (C=O) groups is 1. The van der Waals surface area contributed by atoms with Crippen molar-refractivity contribution in [3.8, 4) is 16.9 Å². The Labute approximate surface area is 128 Å². The lowest BCUT2D eigenvalue weighted by Crippen LogP contribution is -2.22. The summed E-state index contributed by atoms with van der Waals surface area (Å²) in [5.74, 6) is -1.31. The third kappa shape index (κ3) is 2.95. The molecule has 2 aromatic rings. The average molecular weight is 321 g/mol. The first kappa shape index (κ1) is 16.0. The topological polar surface area (TPSA) is 94.9 Å². The van der Waals surface area contributed by atoms with E-state index in [1.807, 2.05) is 0 Å². The molecule has 0 amide bonds. The summed E-state index contributed by atoms with van der Waals surface area (Å²) in [4.78, 5) is 11.0. The van der Waals surface area contributed by atoms with Gasteiger partial charge in [-0.2, -0.15) is 0 Å². The van der Waals surface area contributed by atoms with Crippen LogP contribution in [-0.2, 0) is 10.0 Å². The fraction of sp³-hybridized carbons (Fsp3) is 0.133. The van der Waals surface area contributed by atoms with E-state index in [9.17, 15) is 18.3 Å². The van der Waals surface area contributed by atoms with Crippen molar-refractivity contribution in [2.45, 2.75) is 4.90 Å². The van der Waals surface area contributed by atoms with Gasteiger partial charge in [-0.3, -0.25) is 0 Å². The second kappa shape index (κ2) is 5.78. The summed E-state index contributed by atoms with van der Waals surface area (Å²) in [5, 5.41) is 18.8. The second-order valence-electron chi connectivity index (χ2n) is 4.85.